The second-order valence-corrected chi connectivity index (χ2v) is 2.08. The highest BCUT2D eigenvalue weighted by Gasteiger charge is 2.02. The molecule has 0 fully saturated rings. The highest BCUT2D eigenvalue weighted by atomic mass is 19.1. The van der Waals surface area contributed by atoms with Crippen molar-refractivity contribution < 1.29 is 14.3 Å². The van der Waals surface area contributed by atoms with E-state index in [9.17, 15) is 14.0 Å². The fourth-order valence-corrected chi connectivity index (χ4v) is 0.687. The van der Waals surface area contributed by atoms with E-state index in [0.29, 0.717) is 4.57 Å². The summed E-state index contributed by atoms with van der Waals surface area (Å²) in [5.41, 5.74) is -0.779. The summed E-state index contributed by atoms with van der Waals surface area (Å²) in [6.45, 7) is -0.580. The number of rotatable bonds is 2. The fourth-order valence-electron chi connectivity index (χ4n) is 0.687. The summed E-state index contributed by atoms with van der Waals surface area (Å²) in [5, 5.41) is 8.27. The van der Waals surface area contributed by atoms with E-state index >= 15 is 0 Å². The largest absolute Gasteiger partial charge is 0.480 e. The van der Waals surface area contributed by atoms with Crippen molar-refractivity contribution >= 4 is 5.97 Å². The predicted octanol–water partition coefficient (Wildman–Crippen LogP) is -0.533. The lowest BCUT2D eigenvalue weighted by atomic mass is 10.5. The van der Waals surface area contributed by atoms with Gasteiger partial charge in [0, 0.05) is 6.20 Å². The first-order valence-corrected chi connectivity index (χ1v) is 3.03. The van der Waals surface area contributed by atoms with Gasteiger partial charge in [0.15, 0.2) is 5.82 Å². The first kappa shape index (κ1) is 8.38. The van der Waals surface area contributed by atoms with Crippen LogP contribution in [0.3, 0.4) is 0 Å². The molecular weight excluding hydrogens is 167 g/mol. The van der Waals surface area contributed by atoms with Gasteiger partial charge in [0.25, 0.3) is 0 Å². The summed E-state index contributed by atoms with van der Waals surface area (Å²) in [5.74, 6) is -1.96. The van der Waals surface area contributed by atoms with Crippen molar-refractivity contribution in [1.29, 1.82) is 0 Å². The molecule has 6 heteroatoms. The van der Waals surface area contributed by atoms with Crippen molar-refractivity contribution in [2.45, 2.75) is 6.54 Å². The Morgan fingerprint density at radius 2 is 2.42 bits per heavy atom. The molecule has 0 unspecified atom stereocenters. The SMILES string of the molecule is O=C(O)Cn1cc(F)cnc1=O. The van der Waals surface area contributed by atoms with E-state index < -0.39 is 24.0 Å². The Morgan fingerprint density at radius 3 is 3.00 bits per heavy atom. The monoisotopic (exact) mass is 172 g/mol. The van der Waals surface area contributed by atoms with Crippen LogP contribution in [0.5, 0.6) is 0 Å². The van der Waals surface area contributed by atoms with Crippen LogP contribution in [0.4, 0.5) is 4.39 Å². The number of hydrogen-bond acceptors (Lipinski definition) is 3. The Morgan fingerprint density at radius 1 is 1.75 bits per heavy atom. The average Bonchev–Trinajstić information content (AvgIpc) is 1.96. The molecule has 1 rings (SSSR count). The Bertz CT molecular complexity index is 360. The molecule has 1 N–H and O–H groups in total. The lowest BCUT2D eigenvalue weighted by Gasteiger charge is -1.98. The quantitative estimate of drug-likeness (QED) is 0.650. The maximum absolute atomic E-state index is 12.4. The number of nitrogens with zero attached hydrogens (tertiary/aromatic N) is 2. The Hall–Kier alpha value is -1.72. The van der Waals surface area contributed by atoms with Crippen molar-refractivity contribution in [3.63, 3.8) is 0 Å². The van der Waals surface area contributed by atoms with Gasteiger partial charge in [-0.25, -0.2) is 9.18 Å². The third-order valence-electron chi connectivity index (χ3n) is 1.13. The van der Waals surface area contributed by atoms with Crippen LogP contribution in [0, 0.1) is 5.82 Å². The molecule has 0 aromatic carbocycles. The number of halogens is 1. The van der Waals surface area contributed by atoms with Crippen LogP contribution in [0.1, 0.15) is 0 Å². The average molecular weight is 172 g/mol. The third-order valence-corrected chi connectivity index (χ3v) is 1.13. The van der Waals surface area contributed by atoms with Crippen LogP contribution in [0.25, 0.3) is 0 Å². The molecule has 1 aromatic rings. The Kier molecular flexibility index (Phi) is 2.18. The van der Waals surface area contributed by atoms with Crippen LogP contribution in [-0.2, 0) is 11.3 Å². The highest BCUT2D eigenvalue weighted by molar-refractivity contribution is 5.66. The first-order chi connectivity index (χ1) is 5.59. The van der Waals surface area contributed by atoms with Crippen molar-refractivity contribution in [2.24, 2.45) is 0 Å². The van der Waals surface area contributed by atoms with E-state index in [1.54, 1.807) is 0 Å². The molecule has 1 aromatic heterocycles. The van der Waals surface area contributed by atoms with Gasteiger partial charge in [-0.05, 0) is 0 Å². The minimum absolute atomic E-state index is 0.580. The minimum Gasteiger partial charge on any atom is -0.480 e. The van der Waals surface area contributed by atoms with Crippen LogP contribution >= 0.6 is 0 Å². The number of hydrogen-bond donors (Lipinski definition) is 1. The molecule has 64 valence electrons. The zero-order valence-corrected chi connectivity index (χ0v) is 5.90. The predicted molar refractivity (Wildman–Crippen MR) is 36.1 cm³/mol. The summed E-state index contributed by atoms with van der Waals surface area (Å²) in [4.78, 5) is 24.0. The Labute approximate surface area is 66.1 Å². The normalized spacial score (nSPS) is 9.75. The highest BCUT2D eigenvalue weighted by Crippen LogP contribution is 1.88. The Balaban J connectivity index is 3.06. The van der Waals surface area contributed by atoms with Gasteiger partial charge in [-0.3, -0.25) is 9.36 Å². The van der Waals surface area contributed by atoms with Gasteiger partial charge in [-0.1, -0.05) is 0 Å². The summed E-state index contributed by atoms with van der Waals surface area (Å²) in [7, 11) is 0. The number of carbonyl (C=O) groups is 1. The van der Waals surface area contributed by atoms with Gasteiger partial charge >= 0.3 is 11.7 Å². The molecule has 0 spiro atoms. The van der Waals surface area contributed by atoms with Crippen LogP contribution in [-0.4, -0.2) is 20.6 Å². The van der Waals surface area contributed by atoms with Crippen LogP contribution in [0.2, 0.25) is 0 Å². The van der Waals surface area contributed by atoms with E-state index in [-0.39, 0.29) is 0 Å². The van der Waals surface area contributed by atoms with Crippen LogP contribution in [0.15, 0.2) is 17.2 Å². The maximum Gasteiger partial charge on any atom is 0.348 e. The summed E-state index contributed by atoms with van der Waals surface area (Å²) < 4.78 is 13.1. The lowest BCUT2D eigenvalue weighted by molar-refractivity contribution is -0.137. The smallest absolute Gasteiger partial charge is 0.348 e. The number of aliphatic carboxylic acids is 1. The zero-order chi connectivity index (χ0) is 9.14. The molecule has 0 saturated heterocycles. The molecular formula is C6H5FN2O3. The molecule has 0 atom stereocenters. The summed E-state index contributed by atoms with van der Waals surface area (Å²) in [6, 6.07) is 0. The molecule has 0 aliphatic carbocycles. The van der Waals surface area contributed by atoms with Gasteiger partial charge in [-0.15, -0.1) is 0 Å². The molecule has 0 aliphatic heterocycles. The van der Waals surface area contributed by atoms with Gasteiger partial charge in [0.05, 0.1) is 6.20 Å². The van der Waals surface area contributed by atoms with Gasteiger partial charge in [-0.2, -0.15) is 4.98 Å². The maximum atomic E-state index is 12.4. The molecule has 1 heterocycles. The topological polar surface area (TPSA) is 72.2 Å². The van der Waals surface area contributed by atoms with Crippen molar-refractivity contribution in [2.75, 3.05) is 0 Å². The van der Waals surface area contributed by atoms with E-state index in [4.69, 9.17) is 5.11 Å². The van der Waals surface area contributed by atoms with Crippen molar-refractivity contribution in [3.05, 3.63) is 28.7 Å². The number of carboxylic acid groups (broad SMARTS) is 1. The van der Waals surface area contributed by atoms with Gasteiger partial charge < -0.3 is 5.11 Å². The zero-order valence-electron chi connectivity index (χ0n) is 5.90. The second kappa shape index (κ2) is 3.12. The first-order valence-electron chi connectivity index (χ1n) is 3.03. The number of carboxylic acids is 1. The molecule has 0 amide bonds. The van der Waals surface area contributed by atoms with E-state index in [1.807, 2.05) is 0 Å². The molecule has 0 radical (unpaired) electrons. The van der Waals surface area contributed by atoms with Crippen LogP contribution < -0.4 is 5.69 Å². The van der Waals surface area contributed by atoms with Crippen molar-refractivity contribution in [1.82, 2.24) is 9.55 Å². The minimum atomic E-state index is -1.22. The summed E-state index contributed by atoms with van der Waals surface area (Å²) >= 11 is 0. The molecule has 0 aliphatic rings. The number of aromatic nitrogens is 2. The fraction of sp³-hybridized carbons (Fsp3) is 0.167. The summed E-state index contributed by atoms with van der Waals surface area (Å²) in [6.07, 6.45) is 1.53. The lowest BCUT2D eigenvalue weighted by Crippen LogP contribution is -2.25. The van der Waals surface area contributed by atoms with Gasteiger partial charge in [0.2, 0.25) is 0 Å². The molecule has 0 saturated carbocycles. The van der Waals surface area contributed by atoms with E-state index in [0.717, 1.165) is 12.4 Å². The third kappa shape index (κ3) is 1.88. The van der Waals surface area contributed by atoms with Gasteiger partial charge in [0.1, 0.15) is 6.54 Å². The van der Waals surface area contributed by atoms with E-state index in [2.05, 4.69) is 4.98 Å². The molecule has 12 heavy (non-hydrogen) atoms. The molecule has 5 nitrogen and oxygen atoms in total. The molecule has 0 bridgehead atoms. The van der Waals surface area contributed by atoms with E-state index in [1.165, 1.54) is 0 Å². The standard InChI is InChI=1S/C6H5FN2O3/c7-4-1-8-6(12)9(2-4)3-5(10)11/h1-2H,3H2,(H,10,11). The second-order valence-electron chi connectivity index (χ2n) is 2.08. The van der Waals surface area contributed by atoms with Crippen molar-refractivity contribution in [3.8, 4) is 0 Å².